The van der Waals surface area contributed by atoms with Gasteiger partial charge in [-0.1, -0.05) is 0 Å². The molecular formula is C22H30F2N4O6. The summed E-state index contributed by atoms with van der Waals surface area (Å²) in [6.45, 7) is 3.57. The third-order valence-corrected chi connectivity index (χ3v) is 5.85. The Hall–Kier alpha value is -2.99. The van der Waals surface area contributed by atoms with Gasteiger partial charge in [0.1, 0.15) is 23.4 Å². The number of carbonyl (C=O) groups is 3. The lowest BCUT2D eigenvalue weighted by molar-refractivity contribution is -0.169. The normalized spacial score (nSPS) is 20.6. The lowest BCUT2D eigenvalue weighted by Crippen LogP contribution is -2.51. The Bertz CT molecular complexity index is 913. The maximum Gasteiger partial charge on any atom is 0.414 e. The summed E-state index contributed by atoms with van der Waals surface area (Å²) < 4.78 is 46.0. The molecular weight excluding hydrogens is 454 g/mol. The first kappa shape index (κ1) is 25.6. The molecule has 1 unspecified atom stereocenters. The van der Waals surface area contributed by atoms with Crippen LogP contribution in [0.3, 0.4) is 0 Å². The molecule has 0 saturated carbocycles. The van der Waals surface area contributed by atoms with E-state index in [1.165, 1.54) is 25.9 Å². The van der Waals surface area contributed by atoms with E-state index in [-0.39, 0.29) is 50.1 Å². The van der Waals surface area contributed by atoms with Crippen LogP contribution < -0.4 is 20.9 Å². The van der Waals surface area contributed by atoms with E-state index in [0.29, 0.717) is 12.8 Å². The molecule has 2 fully saturated rings. The average Bonchev–Trinajstić information content (AvgIpc) is 3.14. The van der Waals surface area contributed by atoms with Gasteiger partial charge >= 0.3 is 12.1 Å². The van der Waals surface area contributed by atoms with Crippen molar-refractivity contribution in [3.05, 3.63) is 23.8 Å². The van der Waals surface area contributed by atoms with Crippen molar-refractivity contribution in [3.8, 4) is 0 Å². The monoisotopic (exact) mass is 484 g/mol. The van der Waals surface area contributed by atoms with Gasteiger partial charge in [-0.25, -0.2) is 13.6 Å². The molecule has 0 aliphatic carbocycles. The van der Waals surface area contributed by atoms with Crippen LogP contribution in [-0.2, 0) is 23.8 Å². The largest absolute Gasteiger partial charge is 0.455 e. The molecule has 2 heterocycles. The highest BCUT2D eigenvalue weighted by Crippen LogP contribution is 2.35. The van der Waals surface area contributed by atoms with Crippen molar-refractivity contribution in [2.45, 2.75) is 44.4 Å². The molecule has 2 amide bonds. The second-order valence-corrected chi connectivity index (χ2v) is 8.62. The smallest absolute Gasteiger partial charge is 0.414 e. The fourth-order valence-electron chi connectivity index (χ4n) is 4.09. The predicted octanol–water partition coefficient (Wildman–Crippen LogP) is 1.30. The van der Waals surface area contributed by atoms with Gasteiger partial charge in [0, 0.05) is 52.1 Å². The van der Waals surface area contributed by atoms with Gasteiger partial charge in [-0.15, -0.1) is 0 Å². The number of piperidine rings is 1. The number of nitrogens with one attached hydrogen (secondary N) is 1. The van der Waals surface area contributed by atoms with E-state index in [4.69, 9.17) is 19.9 Å². The number of cyclic esters (lactones) is 1. The van der Waals surface area contributed by atoms with Crippen molar-refractivity contribution in [2.75, 3.05) is 49.7 Å². The highest BCUT2D eigenvalue weighted by atomic mass is 19.1. The lowest BCUT2D eigenvalue weighted by atomic mass is 9.91. The molecule has 2 saturated heterocycles. The van der Waals surface area contributed by atoms with E-state index >= 15 is 8.78 Å². The van der Waals surface area contributed by atoms with Crippen molar-refractivity contribution in [2.24, 2.45) is 5.73 Å². The van der Waals surface area contributed by atoms with E-state index < -0.39 is 41.4 Å². The van der Waals surface area contributed by atoms with E-state index in [1.54, 1.807) is 0 Å². The van der Waals surface area contributed by atoms with Gasteiger partial charge in [0.05, 0.1) is 25.4 Å². The van der Waals surface area contributed by atoms with E-state index in [1.807, 2.05) is 0 Å². The quantitative estimate of drug-likeness (QED) is 0.530. The molecule has 1 aromatic carbocycles. The number of methoxy groups -OCH3 is 1. The fraction of sp³-hybridized carbons (Fsp3) is 0.591. The van der Waals surface area contributed by atoms with Crippen molar-refractivity contribution >= 4 is 29.3 Å². The summed E-state index contributed by atoms with van der Waals surface area (Å²) in [5, 5.41) is 2.54. The summed E-state index contributed by atoms with van der Waals surface area (Å²) in [4.78, 5) is 37.9. The molecule has 1 aromatic rings. The summed E-state index contributed by atoms with van der Waals surface area (Å²) in [5.41, 5.74) is 4.47. The van der Waals surface area contributed by atoms with Gasteiger partial charge in [0.25, 0.3) is 0 Å². The summed E-state index contributed by atoms with van der Waals surface area (Å²) in [7, 11) is 1.48. The van der Waals surface area contributed by atoms with Crippen LogP contribution in [0.25, 0.3) is 0 Å². The van der Waals surface area contributed by atoms with E-state index in [9.17, 15) is 14.4 Å². The van der Waals surface area contributed by atoms with Crippen LogP contribution in [0.5, 0.6) is 0 Å². The number of benzene rings is 1. The Labute approximate surface area is 196 Å². The summed E-state index contributed by atoms with van der Waals surface area (Å²) in [6.07, 6.45) is -0.788. The summed E-state index contributed by atoms with van der Waals surface area (Å²) in [6, 6.07) is 1.35. The molecule has 3 rings (SSSR count). The maximum absolute atomic E-state index is 15.0. The van der Waals surface area contributed by atoms with Crippen LogP contribution in [0.1, 0.15) is 26.7 Å². The van der Waals surface area contributed by atoms with Crippen molar-refractivity contribution in [1.82, 2.24) is 5.32 Å². The SMILES string of the molecule is COCC1(OC(=O)C(C)N)CCN(c2c(F)cc(N3C[C@H](CNC(C)=O)OC3=O)cc2F)CC1. The Balaban J connectivity index is 1.72. The zero-order chi connectivity index (χ0) is 25.0. The minimum atomic E-state index is -0.926. The topological polar surface area (TPSA) is 123 Å². The zero-order valence-corrected chi connectivity index (χ0v) is 19.4. The van der Waals surface area contributed by atoms with Gasteiger partial charge in [-0.3, -0.25) is 14.5 Å². The number of halogens is 2. The number of nitrogens with zero attached hydrogens (tertiary/aromatic N) is 2. The number of hydrogen-bond acceptors (Lipinski definition) is 8. The highest BCUT2D eigenvalue weighted by Gasteiger charge is 2.40. The summed E-state index contributed by atoms with van der Waals surface area (Å²) in [5.74, 6) is -2.51. The first-order chi connectivity index (χ1) is 16.0. The van der Waals surface area contributed by atoms with Gasteiger partial charge in [0.15, 0.2) is 11.6 Å². The molecule has 12 heteroatoms. The molecule has 10 nitrogen and oxygen atoms in total. The molecule has 0 spiro atoms. The number of esters is 1. The Morgan fingerprint density at radius 3 is 2.44 bits per heavy atom. The average molecular weight is 485 g/mol. The van der Waals surface area contributed by atoms with Crippen LogP contribution in [0.4, 0.5) is 25.0 Å². The first-order valence-corrected chi connectivity index (χ1v) is 11.0. The van der Waals surface area contributed by atoms with E-state index in [2.05, 4.69) is 5.32 Å². The maximum atomic E-state index is 15.0. The Morgan fingerprint density at radius 1 is 1.29 bits per heavy atom. The standard InChI is InChI=1S/C22H30F2N4O6/c1-13(25)20(30)34-22(12-32-3)4-6-27(7-5-22)19-17(23)8-15(9-18(19)24)28-11-16(33-21(28)31)10-26-14(2)29/h8-9,13,16H,4-7,10-12,25H2,1-3H3,(H,26,29)/t13?,16-/m0/s1. The van der Waals surface area contributed by atoms with E-state index in [0.717, 1.165) is 17.0 Å². The minimum Gasteiger partial charge on any atom is -0.455 e. The van der Waals surface area contributed by atoms with Crippen LogP contribution in [0.2, 0.25) is 0 Å². The molecule has 0 radical (unpaired) electrons. The highest BCUT2D eigenvalue weighted by molar-refractivity contribution is 5.90. The Morgan fingerprint density at radius 2 is 1.91 bits per heavy atom. The molecule has 34 heavy (non-hydrogen) atoms. The van der Waals surface area contributed by atoms with Crippen LogP contribution >= 0.6 is 0 Å². The number of hydrogen-bond donors (Lipinski definition) is 2. The Kier molecular flexibility index (Phi) is 7.93. The van der Waals surface area contributed by atoms with Gasteiger partial charge in [-0.05, 0) is 6.92 Å². The molecule has 3 N–H and O–H groups in total. The third-order valence-electron chi connectivity index (χ3n) is 5.85. The molecule has 2 atom stereocenters. The van der Waals surface area contributed by atoms with Crippen LogP contribution in [0.15, 0.2) is 12.1 Å². The summed E-state index contributed by atoms with van der Waals surface area (Å²) >= 11 is 0. The lowest BCUT2D eigenvalue weighted by Gasteiger charge is -2.42. The number of rotatable bonds is 8. The van der Waals surface area contributed by atoms with Gasteiger partial charge in [-0.2, -0.15) is 0 Å². The number of nitrogens with two attached hydrogens (primary N) is 1. The predicted molar refractivity (Wildman–Crippen MR) is 118 cm³/mol. The zero-order valence-electron chi connectivity index (χ0n) is 19.4. The molecule has 188 valence electrons. The van der Waals surface area contributed by atoms with Crippen molar-refractivity contribution in [1.29, 1.82) is 0 Å². The van der Waals surface area contributed by atoms with Gasteiger partial charge in [0.2, 0.25) is 5.91 Å². The van der Waals surface area contributed by atoms with Gasteiger partial charge < -0.3 is 30.2 Å². The molecule has 2 aliphatic rings. The number of ether oxygens (including phenoxy) is 3. The first-order valence-electron chi connectivity index (χ1n) is 11.0. The number of amides is 2. The number of carbonyl (C=O) groups excluding carboxylic acids is 3. The second kappa shape index (κ2) is 10.5. The van der Waals surface area contributed by atoms with Crippen molar-refractivity contribution < 1.29 is 37.4 Å². The minimum absolute atomic E-state index is 0.0191. The van der Waals surface area contributed by atoms with Crippen LogP contribution in [-0.4, -0.2) is 75.6 Å². The van der Waals surface area contributed by atoms with Crippen molar-refractivity contribution in [3.63, 3.8) is 0 Å². The fourth-order valence-corrected chi connectivity index (χ4v) is 4.09. The van der Waals surface area contributed by atoms with Crippen LogP contribution in [0, 0.1) is 11.6 Å². The molecule has 0 bridgehead atoms. The third kappa shape index (κ3) is 5.73. The number of anilines is 2. The molecule has 0 aromatic heterocycles. The molecule has 2 aliphatic heterocycles. The second-order valence-electron chi connectivity index (χ2n) is 8.62.